The minimum Gasteiger partial charge on any atom is -0.379 e. The van der Waals surface area contributed by atoms with E-state index in [0.29, 0.717) is 6.04 Å². The van der Waals surface area contributed by atoms with Crippen LogP contribution in [0.15, 0.2) is 0 Å². The molecule has 1 fully saturated rings. The molecule has 1 aliphatic rings. The van der Waals surface area contributed by atoms with Crippen LogP contribution in [0.25, 0.3) is 0 Å². The van der Waals surface area contributed by atoms with Crippen molar-refractivity contribution in [2.75, 3.05) is 26.4 Å². The summed E-state index contributed by atoms with van der Waals surface area (Å²) in [6.45, 7) is 7.82. The number of rotatable bonds is 6. The first-order valence-electron chi connectivity index (χ1n) is 5.81. The first-order chi connectivity index (χ1) is 6.88. The summed E-state index contributed by atoms with van der Waals surface area (Å²) in [4.78, 5) is 0. The van der Waals surface area contributed by atoms with Crippen LogP contribution >= 0.6 is 0 Å². The lowest BCUT2D eigenvalue weighted by molar-refractivity contribution is -0.0690. The summed E-state index contributed by atoms with van der Waals surface area (Å²) in [5.41, 5.74) is 0. The lowest BCUT2D eigenvalue weighted by Gasteiger charge is -2.32. The second-order valence-electron chi connectivity index (χ2n) is 3.79. The summed E-state index contributed by atoms with van der Waals surface area (Å²) in [5.74, 6) is 0. The van der Waals surface area contributed by atoms with Crippen molar-refractivity contribution in [3.63, 3.8) is 0 Å². The molecule has 14 heavy (non-hydrogen) atoms. The Morgan fingerprint density at radius 1 is 1.43 bits per heavy atom. The molecule has 84 valence electrons. The summed E-state index contributed by atoms with van der Waals surface area (Å²) in [7, 11) is 0. The van der Waals surface area contributed by atoms with E-state index in [-0.39, 0.29) is 6.10 Å². The average Bonchev–Trinajstić information content (AvgIpc) is 2.21. The van der Waals surface area contributed by atoms with Crippen LogP contribution in [0.1, 0.15) is 33.1 Å². The van der Waals surface area contributed by atoms with Crippen LogP contribution in [0.4, 0.5) is 0 Å². The van der Waals surface area contributed by atoms with Gasteiger partial charge in [0, 0.05) is 19.3 Å². The number of hydrogen-bond acceptors (Lipinski definition) is 3. The van der Waals surface area contributed by atoms with Crippen molar-refractivity contribution in [1.82, 2.24) is 5.32 Å². The molecular weight excluding hydrogens is 178 g/mol. The fraction of sp³-hybridized carbons (Fsp3) is 1.00. The predicted octanol–water partition coefficient (Wildman–Crippen LogP) is 1.57. The molecule has 2 unspecified atom stereocenters. The zero-order valence-electron chi connectivity index (χ0n) is 9.42. The first-order valence-corrected chi connectivity index (χ1v) is 5.81. The van der Waals surface area contributed by atoms with Crippen LogP contribution in [0.3, 0.4) is 0 Å². The molecule has 0 aliphatic carbocycles. The van der Waals surface area contributed by atoms with Crippen molar-refractivity contribution in [3.05, 3.63) is 0 Å². The van der Waals surface area contributed by atoms with Gasteiger partial charge < -0.3 is 14.8 Å². The van der Waals surface area contributed by atoms with Crippen LogP contribution in [0, 0.1) is 0 Å². The number of unbranched alkanes of at least 4 members (excludes halogenated alkanes) is 1. The monoisotopic (exact) mass is 201 g/mol. The average molecular weight is 201 g/mol. The highest BCUT2D eigenvalue weighted by Gasteiger charge is 2.25. The molecule has 1 saturated heterocycles. The Bertz CT molecular complexity index is 139. The highest BCUT2D eigenvalue weighted by Crippen LogP contribution is 2.11. The second-order valence-corrected chi connectivity index (χ2v) is 3.79. The van der Waals surface area contributed by atoms with E-state index >= 15 is 0 Å². The minimum absolute atomic E-state index is 0.259. The SMILES string of the molecule is CCCCOC1COCCC1NCC. The molecule has 3 nitrogen and oxygen atoms in total. The van der Waals surface area contributed by atoms with Gasteiger partial charge in [0.1, 0.15) is 0 Å². The van der Waals surface area contributed by atoms with Crippen molar-refractivity contribution in [2.45, 2.75) is 45.3 Å². The molecule has 0 aromatic rings. The van der Waals surface area contributed by atoms with E-state index in [4.69, 9.17) is 9.47 Å². The molecule has 0 radical (unpaired) electrons. The van der Waals surface area contributed by atoms with Gasteiger partial charge in [-0.25, -0.2) is 0 Å². The zero-order chi connectivity index (χ0) is 10.2. The molecule has 2 atom stereocenters. The van der Waals surface area contributed by atoms with Gasteiger partial charge in [0.25, 0.3) is 0 Å². The van der Waals surface area contributed by atoms with E-state index in [0.717, 1.165) is 39.2 Å². The van der Waals surface area contributed by atoms with Crippen LogP contribution in [0.2, 0.25) is 0 Å². The van der Waals surface area contributed by atoms with Gasteiger partial charge in [0.2, 0.25) is 0 Å². The smallest absolute Gasteiger partial charge is 0.0961 e. The Hall–Kier alpha value is -0.120. The van der Waals surface area contributed by atoms with E-state index < -0.39 is 0 Å². The molecule has 1 N–H and O–H groups in total. The Morgan fingerprint density at radius 3 is 3.00 bits per heavy atom. The quantitative estimate of drug-likeness (QED) is 0.662. The highest BCUT2D eigenvalue weighted by molar-refractivity contribution is 4.79. The third kappa shape index (κ3) is 3.95. The second kappa shape index (κ2) is 7.21. The van der Waals surface area contributed by atoms with Gasteiger partial charge in [-0.15, -0.1) is 0 Å². The lowest BCUT2D eigenvalue weighted by atomic mass is 10.1. The van der Waals surface area contributed by atoms with Gasteiger partial charge >= 0.3 is 0 Å². The summed E-state index contributed by atoms with van der Waals surface area (Å²) in [6.07, 6.45) is 3.68. The summed E-state index contributed by atoms with van der Waals surface area (Å²) < 4.78 is 11.2. The number of hydrogen-bond donors (Lipinski definition) is 1. The van der Waals surface area contributed by atoms with Gasteiger partial charge in [-0.3, -0.25) is 0 Å². The Morgan fingerprint density at radius 2 is 2.29 bits per heavy atom. The predicted molar refractivity (Wildman–Crippen MR) is 57.5 cm³/mol. The van der Waals surface area contributed by atoms with Crippen LogP contribution in [-0.4, -0.2) is 38.5 Å². The fourth-order valence-electron chi connectivity index (χ4n) is 1.75. The van der Waals surface area contributed by atoms with Gasteiger partial charge in [0.05, 0.1) is 12.7 Å². The Balaban J connectivity index is 2.22. The number of likely N-dealkylation sites (N-methyl/N-ethyl adjacent to an activating group) is 1. The topological polar surface area (TPSA) is 30.5 Å². The normalized spacial score (nSPS) is 27.9. The van der Waals surface area contributed by atoms with Crippen molar-refractivity contribution in [2.24, 2.45) is 0 Å². The summed E-state index contributed by atoms with van der Waals surface area (Å²) in [5, 5.41) is 3.46. The third-order valence-corrected chi connectivity index (χ3v) is 2.60. The maximum absolute atomic E-state index is 5.80. The molecule has 1 heterocycles. The van der Waals surface area contributed by atoms with E-state index in [2.05, 4.69) is 19.2 Å². The maximum atomic E-state index is 5.80. The Kier molecular flexibility index (Phi) is 6.15. The Labute approximate surface area is 87.2 Å². The molecule has 3 heteroatoms. The van der Waals surface area contributed by atoms with Crippen molar-refractivity contribution in [3.8, 4) is 0 Å². The maximum Gasteiger partial charge on any atom is 0.0961 e. The van der Waals surface area contributed by atoms with E-state index in [1.165, 1.54) is 6.42 Å². The highest BCUT2D eigenvalue weighted by atomic mass is 16.5. The molecule has 0 aromatic carbocycles. The van der Waals surface area contributed by atoms with Crippen LogP contribution in [-0.2, 0) is 9.47 Å². The molecule has 0 spiro atoms. The molecule has 1 aliphatic heterocycles. The van der Waals surface area contributed by atoms with Crippen LogP contribution < -0.4 is 5.32 Å². The van der Waals surface area contributed by atoms with Gasteiger partial charge in [0.15, 0.2) is 0 Å². The largest absolute Gasteiger partial charge is 0.379 e. The standard InChI is InChI=1S/C11H23NO2/c1-3-5-7-14-11-9-13-8-6-10(11)12-4-2/h10-12H,3-9H2,1-2H3. The van der Waals surface area contributed by atoms with Crippen molar-refractivity contribution in [1.29, 1.82) is 0 Å². The van der Waals surface area contributed by atoms with E-state index in [1.54, 1.807) is 0 Å². The van der Waals surface area contributed by atoms with Gasteiger partial charge in [-0.2, -0.15) is 0 Å². The van der Waals surface area contributed by atoms with Gasteiger partial charge in [-0.05, 0) is 19.4 Å². The van der Waals surface area contributed by atoms with Gasteiger partial charge in [-0.1, -0.05) is 20.3 Å². The first kappa shape index (κ1) is 12.0. The molecule has 0 amide bonds. The molecular formula is C11H23NO2. The zero-order valence-corrected chi connectivity index (χ0v) is 9.42. The van der Waals surface area contributed by atoms with Crippen molar-refractivity contribution < 1.29 is 9.47 Å². The molecule has 1 rings (SSSR count). The van der Waals surface area contributed by atoms with Crippen molar-refractivity contribution >= 4 is 0 Å². The number of ether oxygens (including phenoxy) is 2. The fourth-order valence-corrected chi connectivity index (χ4v) is 1.75. The summed E-state index contributed by atoms with van der Waals surface area (Å²) >= 11 is 0. The molecule has 0 aromatic heterocycles. The minimum atomic E-state index is 0.259. The third-order valence-electron chi connectivity index (χ3n) is 2.60. The summed E-state index contributed by atoms with van der Waals surface area (Å²) in [6, 6.07) is 0.491. The number of nitrogens with one attached hydrogen (secondary N) is 1. The van der Waals surface area contributed by atoms with E-state index in [9.17, 15) is 0 Å². The molecule has 0 saturated carbocycles. The van der Waals surface area contributed by atoms with E-state index in [1.807, 2.05) is 0 Å². The van der Waals surface area contributed by atoms with Crippen LogP contribution in [0.5, 0.6) is 0 Å². The molecule has 0 bridgehead atoms. The lowest BCUT2D eigenvalue weighted by Crippen LogP contribution is -2.47.